The van der Waals surface area contributed by atoms with Gasteiger partial charge in [-0.1, -0.05) is 6.07 Å². The molecule has 0 aliphatic heterocycles. The maximum absolute atomic E-state index is 13.3. The van der Waals surface area contributed by atoms with E-state index < -0.39 is 17.6 Å². The van der Waals surface area contributed by atoms with Crippen molar-refractivity contribution in [2.45, 2.75) is 27.3 Å². The van der Waals surface area contributed by atoms with Gasteiger partial charge in [0.2, 0.25) is 0 Å². The number of aromatic nitrogens is 1. The van der Waals surface area contributed by atoms with Gasteiger partial charge in [-0.15, -0.1) is 0 Å². The molecular weight excluding hydrogens is 363 g/mol. The van der Waals surface area contributed by atoms with Crippen molar-refractivity contribution in [1.82, 2.24) is 10.3 Å². The molecule has 1 aromatic heterocycles. The highest BCUT2D eigenvalue weighted by molar-refractivity contribution is 6.39. The van der Waals surface area contributed by atoms with Crippen LogP contribution in [0.4, 0.5) is 15.9 Å². The van der Waals surface area contributed by atoms with Gasteiger partial charge in [-0.3, -0.25) is 9.59 Å². The molecule has 0 saturated heterocycles. The van der Waals surface area contributed by atoms with E-state index in [1.54, 1.807) is 13.1 Å². The van der Waals surface area contributed by atoms with E-state index in [9.17, 15) is 14.0 Å². The topological polar surface area (TPSA) is 83.6 Å². The fraction of sp³-hybridized carbons (Fsp3) is 0.350. The number of halogens is 1. The standard InChI is InChI=1S/C20H25FN4O3/c1-4-25(5-2)18-10-7-14(12-22-18)13-23-19(26)20(27)24-16-9-8-15(21)11-17(16)28-6-3/h7-12H,4-6,13H2,1-3H3,(H,23,26)(H,24,27). The summed E-state index contributed by atoms with van der Waals surface area (Å²) in [7, 11) is 0. The first-order valence-electron chi connectivity index (χ1n) is 9.19. The van der Waals surface area contributed by atoms with Crippen LogP contribution >= 0.6 is 0 Å². The second kappa shape index (κ2) is 10.2. The van der Waals surface area contributed by atoms with Gasteiger partial charge in [0.15, 0.2) is 0 Å². The predicted molar refractivity (Wildman–Crippen MR) is 106 cm³/mol. The number of carbonyl (C=O) groups excluding carboxylic acids is 2. The second-order valence-electron chi connectivity index (χ2n) is 5.91. The molecule has 8 heteroatoms. The molecule has 2 N–H and O–H groups in total. The van der Waals surface area contributed by atoms with Crippen LogP contribution in [0, 0.1) is 5.82 Å². The number of hydrogen-bond acceptors (Lipinski definition) is 5. The first-order valence-corrected chi connectivity index (χ1v) is 9.19. The van der Waals surface area contributed by atoms with E-state index in [-0.39, 0.29) is 18.0 Å². The lowest BCUT2D eigenvalue weighted by Crippen LogP contribution is -2.35. The summed E-state index contributed by atoms with van der Waals surface area (Å²) in [4.78, 5) is 30.6. The van der Waals surface area contributed by atoms with Gasteiger partial charge in [-0.2, -0.15) is 0 Å². The monoisotopic (exact) mass is 388 g/mol. The third-order valence-electron chi connectivity index (χ3n) is 4.05. The Balaban J connectivity index is 1.93. The Morgan fingerprint density at radius 1 is 1.11 bits per heavy atom. The molecule has 7 nitrogen and oxygen atoms in total. The molecule has 0 bridgehead atoms. The number of anilines is 2. The molecule has 1 heterocycles. The van der Waals surface area contributed by atoms with Crippen molar-refractivity contribution in [2.24, 2.45) is 0 Å². The number of ether oxygens (including phenoxy) is 1. The summed E-state index contributed by atoms with van der Waals surface area (Å²) >= 11 is 0. The molecule has 0 spiro atoms. The Morgan fingerprint density at radius 3 is 2.46 bits per heavy atom. The summed E-state index contributed by atoms with van der Waals surface area (Å²) < 4.78 is 18.6. The van der Waals surface area contributed by atoms with Crippen LogP contribution in [0.1, 0.15) is 26.3 Å². The highest BCUT2D eigenvalue weighted by Crippen LogP contribution is 2.25. The number of nitrogens with zero attached hydrogens (tertiary/aromatic N) is 2. The number of benzene rings is 1. The maximum Gasteiger partial charge on any atom is 0.313 e. The summed E-state index contributed by atoms with van der Waals surface area (Å²) in [5.74, 6) is -1.14. The zero-order chi connectivity index (χ0) is 20.5. The zero-order valence-corrected chi connectivity index (χ0v) is 16.3. The van der Waals surface area contributed by atoms with Gasteiger partial charge >= 0.3 is 11.8 Å². The van der Waals surface area contributed by atoms with Crippen molar-refractivity contribution in [3.05, 3.63) is 47.9 Å². The first kappa shape index (κ1) is 21.1. The fourth-order valence-corrected chi connectivity index (χ4v) is 2.57. The lowest BCUT2D eigenvalue weighted by Gasteiger charge is -2.19. The summed E-state index contributed by atoms with van der Waals surface area (Å²) in [5.41, 5.74) is 1.00. The normalized spacial score (nSPS) is 10.3. The Kier molecular flexibility index (Phi) is 7.74. The molecule has 0 aliphatic carbocycles. The molecule has 0 atom stereocenters. The van der Waals surface area contributed by atoms with Crippen LogP contribution in [0.15, 0.2) is 36.5 Å². The van der Waals surface area contributed by atoms with Crippen molar-refractivity contribution >= 4 is 23.3 Å². The van der Waals surface area contributed by atoms with Crippen molar-refractivity contribution in [3.63, 3.8) is 0 Å². The van der Waals surface area contributed by atoms with Crippen molar-refractivity contribution in [2.75, 3.05) is 29.9 Å². The minimum absolute atomic E-state index is 0.166. The van der Waals surface area contributed by atoms with Crippen LogP contribution in [-0.4, -0.2) is 36.5 Å². The predicted octanol–water partition coefficient (Wildman–Crippen LogP) is 2.72. The molecule has 2 aromatic rings. The van der Waals surface area contributed by atoms with Gasteiger partial charge in [-0.25, -0.2) is 9.37 Å². The molecular formula is C20H25FN4O3. The van der Waals surface area contributed by atoms with Crippen LogP contribution in [0.2, 0.25) is 0 Å². The summed E-state index contributed by atoms with van der Waals surface area (Å²) in [6.45, 7) is 8.02. The van der Waals surface area contributed by atoms with Crippen molar-refractivity contribution in [3.8, 4) is 5.75 Å². The molecule has 0 fully saturated rings. The van der Waals surface area contributed by atoms with Gasteiger partial charge in [0.25, 0.3) is 0 Å². The van der Waals surface area contributed by atoms with Crippen molar-refractivity contribution < 1.29 is 18.7 Å². The molecule has 150 valence electrons. The van der Waals surface area contributed by atoms with E-state index in [1.807, 2.05) is 12.1 Å². The summed E-state index contributed by atoms with van der Waals surface area (Å²) in [6, 6.07) is 7.41. The van der Waals surface area contributed by atoms with E-state index in [0.29, 0.717) is 6.61 Å². The average molecular weight is 388 g/mol. The maximum atomic E-state index is 13.3. The minimum Gasteiger partial charge on any atom is -0.492 e. The zero-order valence-electron chi connectivity index (χ0n) is 16.3. The third kappa shape index (κ3) is 5.67. The van der Waals surface area contributed by atoms with Gasteiger partial charge in [0.1, 0.15) is 17.4 Å². The molecule has 0 saturated carbocycles. The number of hydrogen-bond donors (Lipinski definition) is 2. The van der Waals surface area contributed by atoms with Crippen LogP contribution in [0.25, 0.3) is 0 Å². The summed E-state index contributed by atoms with van der Waals surface area (Å²) in [5, 5.41) is 4.97. The van der Waals surface area contributed by atoms with Crippen LogP contribution < -0.4 is 20.3 Å². The lowest BCUT2D eigenvalue weighted by atomic mass is 10.2. The van der Waals surface area contributed by atoms with E-state index >= 15 is 0 Å². The number of amides is 2. The van der Waals surface area contributed by atoms with Crippen LogP contribution in [0.3, 0.4) is 0 Å². The highest BCUT2D eigenvalue weighted by Gasteiger charge is 2.16. The summed E-state index contributed by atoms with van der Waals surface area (Å²) in [6.07, 6.45) is 1.67. The number of nitrogens with one attached hydrogen (secondary N) is 2. The smallest absolute Gasteiger partial charge is 0.313 e. The van der Waals surface area contributed by atoms with Gasteiger partial charge in [0, 0.05) is 31.9 Å². The van der Waals surface area contributed by atoms with Gasteiger partial charge in [-0.05, 0) is 44.5 Å². The lowest BCUT2D eigenvalue weighted by molar-refractivity contribution is -0.136. The van der Waals surface area contributed by atoms with Gasteiger partial charge < -0.3 is 20.3 Å². The molecule has 28 heavy (non-hydrogen) atoms. The Hall–Kier alpha value is -3.16. The molecule has 2 rings (SSSR count). The number of pyridine rings is 1. The van der Waals surface area contributed by atoms with E-state index in [2.05, 4.69) is 34.4 Å². The fourth-order valence-electron chi connectivity index (χ4n) is 2.57. The minimum atomic E-state index is -0.861. The molecule has 1 aromatic carbocycles. The third-order valence-corrected chi connectivity index (χ3v) is 4.05. The Morgan fingerprint density at radius 2 is 1.86 bits per heavy atom. The quantitative estimate of drug-likeness (QED) is 0.680. The number of carbonyl (C=O) groups is 2. The molecule has 0 radical (unpaired) electrons. The Labute approximate surface area is 163 Å². The SMILES string of the molecule is CCOc1cc(F)ccc1NC(=O)C(=O)NCc1ccc(N(CC)CC)nc1. The highest BCUT2D eigenvalue weighted by atomic mass is 19.1. The average Bonchev–Trinajstić information content (AvgIpc) is 2.70. The van der Waals surface area contributed by atoms with Crippen LogP contribution in [-0.2, 0) is 16.1 Å². The van der Waals surface area contributed by atoms with E-state index in [1.165, 1.54) is 12.1 Å². The van der Waals surface area contributed by atoms with E-state index in [0.717, 1.165) is 30.5 Å². The first-order chi connectivity index (χ1) is 13.5. The second-order valence-corrected chi connectivity index (χ2v) is 5.91. The molecule has 2 amide bonds. The molecule has 0 unspecified atom stereocenters. The number of rotatable bonds is 8. The Bertz CT molecular complexity index is 808. The molecule has 0 aliphatic rings. The van der Waals surface area contributed by atoms with Crippen molar-refractivity contribution in [1.29, 1.82) is 0 Å². The van der Waals surface area contributed by atoms with Crippen LogP contribution in [0.5, 0.6) is 5.75 Å². The van der Waals surface area contributed by atoms with E-state index in [4.69, 9.17) is 4.74 Å². The largest absolute Gasteiger partial charge is 0.492 e. The van der Waals surface area contributed by atoms with Gasteiger partial charge in [0.05, 0.1) is 12.3 Å².